The lowest BCUT2D eigenvalue weighted by atomic mass is 9.90. The molecule has 0 bridgehead atoms. The van der Waals surface area contributed by atoms with Gasteiger partial charge in [-0.15, -0.1) is 0 Å². The van der Waals surface area contributed by atoms with E-state index >= 15 is 0 Å². The first-order chi connectivity index (χ1) is 5.24. The lowest BCUT2D eigenvalue weighted by molar-refractivity contribution is 0.101. The van der Waals surface area contributed by atoms with E-state index in [-0.39, 0.29) is 12.1 Å². The van der Waals surface area contributed by atoms with Crippen LogP contribution in [0.4, 0.5) is 0 Å². The predicted molar refractivity (Wildman–Crippen MR) is 46.7 cm³/mol. The van der Waals surface area contributed by atoms with Gasteiger partial charge >= 0.3 is 0 Å². The summed E-state index contributed by atoms with van der Waals surface area (Å²) in [4.78, 5) is 11.0. The SMILES string of the molecule is [B]CC(=O)c1cccc([B])c1. The van der Waals surface area contributed by atoms with E-state index in [4.69, 9.17) is 15.7 Å². The summed E-state index contributed by atoms with van der Waals surface area (Å²) in [5, 5.41) is 0. The van der Waals surface area contributed by atoms with Crippen LogP contribution in [0, 0.1) is 0 Å². The molecule has 0 aliphatic heterocycles. The molecule has 0 aromatic heterocycles. The molecule has 0 saturated heterocycles. The predicted octanol–water partition coefficient (Wildman–Crippen LogP) is 0.250. The van der Waals surface area contributed by atoms with Crippen LogP contribution in [0.25, 0.3) is 0 Å². The molecule has 0 unspecified atom stereocenters. The van der Waals surface area contributed by atoms with Gasteiger partial charge in [0.05, 0.1) is 7.85 Å². The maximum atomic E-state index is 11.0. The van der Waals surface area contributed by atoms with Crippen molar-refractivity contribution in [3.8, 4) is 0 Å². The normalized spacial score (nSPS) is 9.45. The third-order valence-corrected chi connectivity index (χ3v) is 1.39. The average molecular weight is 140 g/mol. The highest BCUT2D eigenvalue weighted by atomic mass is 16.1. The molecular weight excluding hydrogens is 134 g/mol. The Labute approximate surface area is 68.6 Å². The monoisotopic (exact) mass is 140 g/mol. The highest BCUT2D eigenvalue weighted by Crippen LogP contribution is 1.99. The van der Waals surface area contributed by atoms with Crippen molar-refractivity contribution in [1.29, 1.82) is 0 Å². The van der Waals surface area contributed by atoms with E-state index in [0.29, 0.717) is 11.0 Å². The molecule has 0 aliphatic rings. The summed E-state index contributed by atoms with van der Waals surface area (Å²) in [6.07, 6.45) is 0.0312. The van der Waals surface area contributed by atoms with Crippen molar-refractivity contribution >= 4 is 26.9 Å². The number of Topliss-reactive ketones (excluding diaryl/α,β-unsaturated/α-hetero) is 1. The van der Waals surface area contributed by atoms with Crippen molar-refractivity contribution in [2.75, 3.05) is 0 Å². The van der Waals surface area contributed by atoms with Gasteiger partial charge < -0.3 is 0 Å². The van der Waals surface area contributed by atoms with Crippen molar-refractivity contribution < 1.29 is 4.79 Å². The number of carbonyl (C=O) groups is 1. The molecule has 0 N–H and O–H groups in total. The quantitative estimate of drug-likeness (QED) is 0.424. The Morgan fingerprint density at radius 3 is 2.73 bits per heavy atom. The summed E-state index contributed by atoms with van der Waals surface area (Å²) in [5.74, 6) is -0.0858. The third-order valence-electron chi connectivity index (χ3n) is 1.39. The minimum atomic E-state index is -0.0858. The van der Waals surface area contributed by atoms with Crippen LogP contribution in [-0.2, 0) is 0 Å². The first-order valence-corrected chi connectivity index (χ1v) is 3.33. The summed E-state index contributed by atoms with van der Waals surface area (Å²) >= 11 is 0. The number of carbonyl (C=O) groups excluding carboxylic acids is 1. The summed E-state index contributed by atoms with van der Waals surface area (Å²) in [7, 11) is 10.6. The van der Waals surface area contributed by atoms with Crippen molar-refractivity contribution in [2.45, 2.75) is 6.32 Å². The summed E-state index contributed by atoms with van der Waals surface area (Å²) in [5.41, 5.74) is 1.16. The molecule has 0 aliphatic carbocycles. The van der Waals surface area contributed by atoms with E-state index in [2.05, 4.69) is 0 Å². The Kier molecular flexibility index (Phi) is 2.53. The van der Waals surface area contributed by atoms with E-state index in [1.807, 2.05) is 0 Å². The van der Waals surface area contributed by atoms with Crippen LogP contribution in [0.15, 0.2) is 24.3 Å². The summed E-state index contributed by atoms with van der Waals surface area (Å²) in [6.45, 7) is 0. The highest BCUT2D eigenvalue weighted by molar-refractivity contribution is 6.33. The molecule has 1 rings (SSSR count). The minimum Gasteiger partial charge on any atom is -0.295 e. The third kappa shape index (κ3) is 1.97. The smallest absolute Gasteiger partial charge is 0.154 e. The van der Waals surface area contributed by atoms with Crippen LogP contribution in [0.1, 0.15) is 10.4 Å². The molecule has 0 amide bonds. The van der Waals surface area contributed by atoms with Crippen LogP contribution in [0.2, 0.25) is 6.32 Å². The largest absolute Gasteiger partial charge is 0.295 e. The molecule has 0 spiro atoms. The number of rotatable bonds is 2. The van der Waals surface area contributed by atoms with Crippen molar-refractivity contribution in [1.82, 2.24) is 0 Å². The van der Waals surface area contributed by atoms with Gasteiger partial charge in [-0.2, -0.15) is 0 Å². The molecule has 1 aromatic carbocycles. The van der Waals surface area contributed by atoms with E-state index in [1.54, 1.807) is 24.3 Å². The molecule has 3 heteroatoms. The topological polar surface area (TPSA) is 17.1 Å². The van der Waals surface area contributed by atoms with Gasteiger partial charge in [0.15, 0.2) is 5.78 Å². The molecule has 1 nitrogen and oxygen atoms in total. The van der Waals surface area contributed by atoms with Gasteiger partial charge in [0, 0.05) is 5.56 Å². The van der Waals surface area contributed by atoms with Gasteiger partial charge in [-0.1, -0.05) is 29.7 Å². The van der Waals surface area contributed by atoms with E-state index in [1.165, 1.54) is 0 Å². The number of hydrogen-bond donors (Lipinski definition) is 0. The Hall–Kier alpha value is -0.980. The molecule has 4 radical (unpaired) electrons. The summed E-state index contributed by atoms with van der Waals surface area (Å²) in [6, 6.07) is 6.78. The lowest BCUT2D eigenvalue weighted by Gasteiger charge is -1.98. The zero-order chi connectivity index (χ0) is 8.27. The molecule has 0 fully saturated rings. The van der Waals surface area contributed by atoms with Gasteiger partial charge in [0.2, 0.25) is 0 Å². The van der Waals surface area contributed by atoms with Crippen molar-refractivity contribution in [3.63, 3.8) is 0 Å². The zero-order valence-corrected chi connectivity index (χ0v) is 6.08. The van der Waals surface area contributed by atoms with Crippen LogP contribution in [-0.4, -0.2) is 21.5 Å². The van der Waals surface area contributed by atoms with Crippen LogP contribution in [0.5, 0.6) is 0 Å². The second-order valence-electron chi connectivity index (χ2n) is 2.25. The van der Waals surface area contributed by atoms with Gasteiger partial charge in [-0.3, -0.25) is 4.79 Å². The van der Waals surface area contributed by atoms with Crippen LogP contribution in [0.3, 0.4) is 0 Å². The number of hydrogen-bond acceptors (Lipinski definition) is 1. The standard InChI is InChI=1S/C8H6B2O/c9-5-8(11)6-2-1-3-7(10)4-6/h1-4H,5H2. The Morgan fingerprint density at radius 2 is 2.18 bits per heavy atom. The van der Waals surface area contributed by atoms with E-state index < -0.39 is 0 Å². The fourth-order valence-electron chi connectivity index (χ4n) is 0.830. The van der Waals surface area contributed by atoms with Gasteiger partial charge in [-0.05, 0) is 6.32 Å². The van der Waals surface area contributed by atoms with Crippen molar-refractivity contribution in [2.24, 2.45) is 0 Å². The van der Waals surface area contributed by atoms with Crippen molar-refractivity contribution in [3.05, 3.63) is 29.8 Å². The fraction of sp³-hybridized carbons (Fsp3) is 0.125. The van der Waals surface area contributed by atoms with Gasteiger partial charge in [0.1, 0.15) is 7.85 Å². The molecule has 11 heavy (non-hydrogen) atoms. The number of benzene rings is 1. The molecule has 0 heterocycles. The zero-order valence-electron chi connectivity index (χ0n) is 6.08. The first kappa shape index (κ1) is 8.12. The van der Waals surface area contributed by atoms with Gasteiger partial charge in [0.25, 0.3) is 0 Å². The fourth-order valence-corrected chi connectivity index (χ4v) is 0.830. The average Bonchev–Trinajstić information content (AvgIpc) is 2.03. The van der Waals surface area contributed by atoms with Crippen LogP contribution >= 0.6 is 0 Å². The molecule has 50 valence electrons. The van der Waals surface area contributed by atoms with E-state index in [0.717, 1.165) is 0 Å². The maximum Gasteiger partial charge on any atom is 0.154 e. The molecular formula is C8H6B2O. The lowest BCUT2D eigenvalue weighted by Crippen LogP contribution is -2.06. The first-order valence-electron chi connectivity index (χ1n) is 3.33. The Bertz CT molecular complexity index is 271. The molecule has 0 saturated carbocycles. The molecule has 1 aromatic rings. The Balaban J connectivity index is 2.96. The Morgan fingerprint density at radius 1 is 1.45 bits per heavy atom. The maximum absolute atomic E-state index is 11.0. The minimum absolute atomic E-state index is 0.0312. The molecule has 0 atom stereocenters. The van der Waals surface area contributed by atoms with Gasteiger partial charge in [-0.25, -0.2) is 0 Å². The summed E-state index contributed by atoms with van der Waals surface area (Å²) < 4.78 is 0. The number of ketones is 1. The highest BCUT2D eigenvalue weighted by Gasteiger charge is 2.00. The second-order valence-corrected chi connectivity index (χ2v) is 2.25. The van der Waals surface area contributed by atoms with Crippen LogP contribution < -0.4 is 5.46 Å². The second kappa shape index (κ2) is 3.42. The van der Waals surface area contributed by atoms with E-state index in [9.17, 15) is 4.79 Å².